The summed E-state index contributed by atoms with van der Waals surface area (Å²) in [6, 6.07) is 12.1. The van der Waals surface area contributed by atoms with Crippen LogP contribution in [0, 0.1) is 0 Å². The van der Waals surface area contributed by atoms with Crippen molar-refractivity contribution in [2.75, 3.05) is 33.0 Å². The van der Waals surface area contributed by atoms with E-state index in [4.69, 9.17) is 18.9 Å². The maximum atomic E-state index is 12.9. The van der Waals surface area contributed by atoms with Crippen LogP contribution < -0.4 is 19.7 Å². The van der Waals surface area contributed by atoms with Crippen LogP contribution in [0.25, 0.3) is 0 Å². The number of nitrogens with zero attached hydrogens (tertiary/aromatic N) is 1. The predicted octanol–water partition coefficient (Wildman–Crippen LogP) is 2.49. The number of anilines is 1. The second-order valence-electron chi connectivity index (χ2n) is 6.48. The molecular formula is C21H24N2O6. The van der Waals surface area contributed by atoms with Crippen LogP contribution in [0.2, 0.25) is 0 Å². The van der Waals surface area contributed by atoms with E-state index in [9.17, 15) is 9.59 Å². The summed E-state index contributed by atoms with van der Waals surface area (Å²) in [6.45, 7) is 0.162. The molecule has 0 saturated heterocycles. The van der Waals surface area contributed by atoms with E-state index >= 15 is 0 Å². The SMILES string of the molecule is COCN1C(=O)C(NC(=O)OCc2ccccc2)Cc2cc(OC)c(OC)cc21. The lowest BCUT2D eigenvalue weighted by Gasteiger charge is -2.34. The van der Waals surface area contributed by atoms with Crippen LogP contribution in [-0.2, 0) is 27.3 Å². The van der Waals surface area contributed by atoms with Gasteiger partial charge < -0.3 is 24.3 Å². The molecule has 1 aliphatic rings. The quantitative estimate of drug-likeness (QED) is 0.769. The third-order valence-electron chi connectivity index (χ3n) is 4.63. The molecule has 8 nitrogen and oxygen atoms in total. The predicted molar refractivity (Wildman–Crippen MR) is 106 cm³/mol. The molecule has 2 aromatic rings. The van der Waals surface area contributed by atoms with Crippen LogP contribution in [-0.4, -0.2) is 46.1 Å². The number of alkyl carbamates (subject to hydrolysis) is 1. The van der Waals surface area contributed by atoms with E-state index in [1.165, 1.54) is 19.1 Å². The first-order valence-corrected chi connectivity index (χ1v) is 9.09. The average Bonchev–Trinajstić information content (AvgIpc) is 2.75. The molecule has 0 bridgehead atoms. The zero-order chi connectivity index (χ0) is 20.8. The van der Waals surface area contributed by atoms with Gasteiger partial charge in [0.1, 0.15) is 19.4 Å². The lowest BCUT2D eigenvalue weighted by molar-refractivity contribution is -0.121. The van der Waals surface area contributed by atoms with Gasteiger partial charge in [-0.15, -0.1) is 0 Å². The highest BCUT2D eigenvalue weighted by atomic mass is 16.5. The number of benzene rings is 2. The number of nitrogens with one attached hydrogen (secondary N) is 1. The minimum atomic E-state index is -0.779. The molecule has 1 unspecified atom stereocenters. The summed E-state index contributed by atoms with van der Waals surface area (Å²) >= 11 is 0. The molecule has 1 heterocycles. The van der Waals surface area contributed by atoms with E-state index in [-0.39, 0.29) is 19.2 Å². The van der Waals surface area contributed by atoms with Crippen LogP contribution in [0.15, 0.2) is 42.5 Å². The summed E-state index contributed by atoms with van der Waals surface area (Å²) in [6.07, 6.45) is -0.358. The fourth-order valence-electron chi connectivity index (χ4n) is 3.22. The van der Waals surface area contributed by atoms with Gasteiger partial charge in [-0.25, -0.2) is 4.79 Å². The Morgan fingerprint density at radius 3 is 2.45 bits per heavy atom. The number of fused-ring (bicyclic) bond motifs is 1. The van der Waals surface area contributed by atoms with Crippen molar-refractivity contribution in [3.63, 3.8) is 0 Å². The third-order valence-corrected chi connectivity index (χ3v) is 4.63. The first-order chi connectivity index (χ1) is 14.1. The largest absolute Gasteiger partial charge is 0.493 e. The van der Waals surface area contributed by atoms with Gasteiger partial charge in [0, 0.05) is 19.6 Å². The van der Waals surface area contributed by atoms with Gasteiger partial charge in [0.05, 0.1) is 19.9 Å². The second kappa shape index (κ2) is 9.29. The molecule has 3 rings (SSSR count). The number of hydrogen-bond acceptors (Lipinski definition) is 6. The van der Waals surface area contributed by atoms with Crippen molar-refractivity contribution in [3.05, 3.63) is 53.6 Å². The molecule has 0 aromatic heterocycles. The number of rotatable bonds is 7. The van der Waals surface area contributed by atoms with Gasteiger partial charge >= 0.3 is 6.09 Å². The zero-order valence-corrected chi connectivity index (χ0v) is 16.6. The molecule has 0 fully saturated rings. The van der Waals surface area contributed by atoms with Gasteiger partial charge in [-0.05, 0) is 17.2 Å². The van der Waals surface area contributed by atoms with E-state index in [0.29, 0.717) is 23.6 Å². The van der Waals surface area contributed by atoms with Crippen molar-refractivity contribution in [2.45, 2.75) is 19.1 Å². The van der Waals surface area contributed by atoms with E-state index < -0.39 is 12.1 Å². The van der Waals surface area contributed by atoms with Gasteiger partial charge in [0.2, 0.25) is 0 Å². The maximum absolute atomic E-state index is 12.9. The summed E-state index contributed by atoms with van der Waals surface area (Å²) in [5.41, 5.74) is 2.35. The molecule has 0 saturated carbocycles. The summed E-state index contributed by atoms with van der Waals surface area (Å²) in [4.78, 5) is 26.7. The zero-order valence-electron chi connectivity index (χ0n) is 16.6. The first-order valence-electron chi connectivity index (χ1n) is 9.09. The average molecular weight is 400 g/mol. The van der Waals surface area contributed by atoms with Crippen molar-refractivity contribution in [2.24, 2.45) is 0 Å². The Balaban J connectivity index is 1.77. The molecule has 8 heteroatoms. The Hall–Kier alpha value is -3.26. The standard InChI is InChI=1S/C21H24N2O6/c1-26-13-23-17-11-19(28-3)18(27-2)10-15(17)9-16(20(23)24)22-21(25)29-12-14-7-5-4-6-8-14/h4-8,10-11,16H,9,12-13H2,1-3H3,(H,22,25). The van der Waals surface area contributed by atoms with Gasteiger partial charge in [0.25, 0.3) is 5.91 Å². The monoisotopic (exact) mass is 400 g/mol. The number of methoxy groups -OCH3 is 3. The fraction of sp³-hybridized carbons (Fsp3) is 0.333. The molecule has 2 aromatic carbocycles. The van der Waals surface area contributed by atoms with Crippen LogP contribution in [0.4, 0.5) is 10.5 Å². The number of amides is 2. The van der Waals surface area contributed by atoms with Gasteiger partial charge in [-0.3, -0.25) is 9.69 Å². The Labute approximate surface area is 169 Å². The topological polar surface area (TPSA) is 86.3 Å². The Kier molecular flexibility index (Phi) is 6.56. The van der Waals surface area contributed by atoms with Crippen LogP contribution in [0.1, 0.15) is 11.1 Å². The minimum absolute atomic E-state index is 0.0402. The van der Waals surface area contributed by atoms with E-state index in [1.807, 2.05) is 30.3 Å². The highest BCUT2D eigenvalue weighted by Crippen LogP contribution is 2.38. The maximum Gasteiger partial charge on any atom is 0.408 e. The fourth-order valence-corrected chi connectivity index (χ4v) is 3.22. The van der Waals surface area contributed by atoms with E-state index in [1.54, 1.807) is 19.2 Å². The Morgan fingerprint density at radius 1 is 1.10 bits per heavy atom. The Bertz CT molecular complexity index is 871. The van der Waals surface area contributed by atoms with Crippen molar-refractivity contribution in [3.8, 4) is 11.5 Å². The Morgan fingerprint density at radius 2 is 1.79 bits per heavy atom. The highest BCUT2D eigenvalue weighted by Gasteiger charge is 2.35. The lowest BCUT2D eigenvalue weighted by Crippen LogP contribution is -2.53. The number of hydrogen-bond donors (Lipinski definition) is 1. The molecule has 0 aliphatic carbocycles. The van der Waals surface area contributed by atoms with Crippen LogP contribution in [0.5, 0.6) is 11.5 Å². The molecule has 0 radical (unpaired) electrons. The van der Waals surface area contributed by atoms with Crippen LogP contribution in [0.3, 0.4) is 0 Å². The molecule has 1 aliphatic heterocycles. The van der Waals surface area contributed by atoms with Crippen LogP contribution >= 0.6 is 0 Å². The number of carbonyl (C=O) groups excluding carboxylic acids is 2. The van der Waals surface area contributed by atoms with Crippen molar-refractivity contribution in [1.82, 2.24) is 5.32 Å². The summed E-state index contributed by atoms with van der Waals surface area (Å²) in [5.74, 6) is 0.764. The molecule has 0 spiro atoms. The summed E-state index contributed by atoms with van der Waals surface area (Å²) in [7, 11) is 4.57. The van der Waals surface area contributed by atoms with Crippen molar-refractivity contribution >= 4 is 17.7 Å². The highest BCUT2D eigenvalue weighted by molar-refractivity contribution is 6.01. The molecule has 154 valence electrons. The van der Waals surface area contributed by atoms with Crippen molar-refractivity contribution < 1.29 is 28.5 Å². The molecule has 1 N–H and O–H groups in total. The summed E-state index contributed by atoms with van der Waals surface area (Å²) in [5, 5.41) is 2.65. The molecule has 1 atom stereocenters. The van der Waals surface area contributed by atoms with Crippen molar-refractivity contribution in [1.29, 1.82) is 0 Å². The molecular weight excluding hydrogens is 376 g/mol. The third kappa shape index (κ3) is 4.60. The number of ether oxygens (including phenoxy) is 4. The van der Waals surface area contributed by atoms with Gasteiger partial charge in [-0.1, -0.05) is 30.3 Å². The summed E-state index contributed by atoms with van der Waals surface area (Å²) < 4.78 is 21.1. The minimum Gasteiger partial charge on any atom is -0.493 e. The first kappa shape index (κ1) is 20.5. The lowest BCUT2D eigenvalue weighted by atomic mass is 9.97. The van der Waals surface area contributed by atoms with Gasteiger partial charge in [-0.2, -0.15) is 0 Å². The van der Waals surface area contributed by atoms with E-state index in [2.05, 4.69) is 5.32 Å². The molecule has 29 heavy (non-hydrogen) atoms. The second-order valence-corrected chi connectivity index (χ2v) is 6.48. The number of carbonyl (C=O) groups is 2. The van der Waals surface area contributed by atoms with Gasteiger partial charge in [0.15, 0.2) is 11.5 Å². The van der Waals surface area contributed by atoms with E-state index in [0.717, 1.165) is 11.1 Å². The normalized spacial score (nSPS) is 15.5. The molecule has 2 amide bonds. The smallest absolute Gasteiger partial charge is 0.408 e.